The summed E-state index contributed by atoms with van der Waals surface area (Å²) >= 11 is 7.78. The predicted molar refractivity (Wildman–Crippen MR) is 53.6 cm³/mol. The first-order valence-electron chi connectivity index (χ1n) is 3.95. The molecule has 0 saturated carbocycles. The molecule has 64 valence electrons. The molecule has 2 rings (SSSR count). The molecule has 1 aliphatic rings. The smallest absolute Gasteiger partial charge is 0.0959 e. The van der Waals surface area contributed by atoms with Crippen molar-refractivity contribution >= 4 is 23.4 Å². The molecule has 0 spiro atoms. The molecule has 0 aromatic heterocycles. The molecule has 0 amide bonds. The average Bonchev–Trinajstić information content (AvgIpc) is 2.25. The second kappa shape index (κ2) is 3.69. The van der Waals surface area contributed by atoms with Gasteiger partial charge in [-0.3, -0.25) is 0 Å². The molecule has 1 aromatic carbocycles. The molecular weight excluding hydrogens is 190 g/mol. The van der Waals surface area contributed by atoms with Gasteiger partial charge in [0.15, 0.2) is 0 Å². The van der Waals surface area contributed by atoms with Crippen LogP contribution in [0.2, 0.25) is 0 Å². The van der Waals surface area contributed by atoms with Gasteiger partial charge in [-0.25, -0.2) is 0 Å². The van der Waals surface area contributed by atoms with Crippen molar-refractivity contribution in [1.82, 2.24) is 5.32 Å². The van der Waals surface area contributed by atoms with Crippen molar-refractivity contribution in [1.29, 1.82) is 0 Å². The van der Waals surface area contributed by atoms with Gasteiger partial charge in [0, 0.05) is 18.0 Å². The Bertz CT molecular complexity index is 277. The van der Waals surface area contributed by atoms with E-state index in [9.17, 15) is 0 Å². The molecule has 1 N–H and O–H groups in total. The van der Waals surface area contributed by atoms with Crippen LogP contribution in [-0.4, -0.2) is 11.3 Å². The van der Waals surface area contributed by atoms with Gasteiger partial charge in [-0.05, 0) is 11.6 Å². The second-order valence-corrected chi connectivity index (χ2v) is 4.80. The molecule has 1 atom stereocenters. The Kier molecular flexibility index (Phi) is 2.59. The van der Waals surface area contributed by atoms with Crippen molar-refractivity contribution in [2.75, 3.05) is 6.54 Å². The third-order valence-corrected chi connectivity index (χ3v) is 3.34. The Morgan fingerprint density at radius 1 is 1.42 bits per heavy atom. The Balaban J connectivity index is 2.31. The van der Waals surface area contributed by atoms with E-state index in [0.717, 1.165) is 13.1 Å². The van der Waals surface area contributed by atoms with Crippen LogP contribution in [0.15, 0.2) is 29.2 Å². The number of benzene rings is 1. The highest BCUT2D eigenvalue weighted by atomic mass is 35.5. The van der Waals surface area contributed by atoms with E-state index < -0.39 is 0 Å². The molecule has 1 aliphatic heterocycles. The Morgan fingerprint density at radius 2 is 2.25 bits per heavy atom. The fourth-order valence-corrected chi connectivity index (χ4v) is 2.59. The van der Waals surface area contributed by atoms with E-state index in [-0.39, 0.29) is 4.71 Å². The SMILES string of the molecule is ClC1CNCc2ccccc2S1. The highest BCUT2D eigenvalue weighted by Crippen LogP contribution is 2.30. The van der Waals surface area contributed by atoms with E-state index in [1.807, 2.05) is 0 Å². The highest BCUT2D eigenvalue weighted by molar-refractivity contribution is 8.01. The summed E-state index contributed by atoms with van der Waals surface area (Å²) in [5.74, 6) is 0. The summed E-state index contributed by atoms with van der Waals surface area (Å²) in [5.41, 5.74) is 1.35. The van der Waals surface area contributed by atoms with Crippen molar-refractivity contribution in [3.8, 4) is 0 Å². The summed E-state index contributed by atoms with van der Waals surface area (Å²) in [4.78, 5) is 1.31. The molecule has 1 unspecified atom stereocenters. The number of halogens is 1. The van der Waals surface area contributed by atoms with Gasteiger partial charge in [-0.15, -0.1) is 23.4 Å². The fourth-order valence-electron chi connectivity index (χ4n) is 1.26. The van der Waals surface area contributed by atoms with Gasteiger partial charge in [-0.2, -0.15) is 0 Å². The van der Waals surface area contributed by atoms with Crippen LogP contribution in [0.25, 0.3) is 0 Å². The lowest BCUT2D eigenvalue weighted by Crippen LogP contribution is -2.17. The van der Waals surface area contributed by atoms with E-state index in [1.165, 1.54) is 10.5 Å². The normalized spacial score (nSPS) is 22.9. The molecule has 1 heterocycles. The summed E-state index contributed by atoms with van der Waals surface area (Å²) in [7, 11) is 0. The van der Waals surface area contributed by atoms with Crippen LogP contribution in [0.3, 0.4) is 0 Å². The average molecular weight is 200 g/mol. The third kappa shape index (κ3) is 1.76. The van der Waals surface area contributed by atoms with Crippen molar-refractivity contribution in [2.24, 2.45) is 0 Å². The molecule has 0 radical (unpaired) electrons. The molecule has 1 aromatic rings. The van der Waals surface area contributed by atoms with Gasteiger partial charge in [0.05, 0.1) is 4.71 Å². The van der Waals surface area contributed by atoms with E-state index in [1.54, 1.807) is 11.8 Å². The largest absolute Gasteiger partial charge is 0.310 e. The van der Waals surface area contributed by atoms with E-state index in [4.69, 9.17) is 11.6 Å². The zero-order valence-electron chi connectivity index (χ0n) is 6.59. The Hall–Kier alpha value is -0.180. The first kappa shape index (κ1) is 8.42. The lowest BCUT2D eigenvalue weighted by Gasteiger charge is -2.04. The van der Waals surface area contributed by atoms with Crippen molar-refractivity contribution in [3.63, 3.8) is 0 Å². The summed E-state index contributed by atoms with van der Waals surface area (Å²) in [6.07, 6.45) is 0. The number of thioether (sulfide) groups is 1. The van der Waals surface area contributed by atoms with E-state index >= 15 is 0 Å². The standard InChI is InChI=1S/C9H10ClNS/c10-9-6-11-5-7-3-1-2-4-8(7)12-9/h1-4,9,11H,5-6H2. The maximum atomic E-state index is 6.05. The summed E-state index contributed by atoms with van der Waals surface area (Å²) in [6.45, 7) is 1.81. The molecule has 0 fully saturated rings. The number of nitrogens with one attached hydrogen (secondary N) is 1. The molecule has 0 aliphatic carbocycles. The molecular formula is C9H10ClNS. The maximum Gasteiger partial charge on any atom is 0.0959 e. The third-order valence-electron chi connectivity index (χ3n) is 1.85. The molecule has 1 nitrogen and oxygen atoms in total. The molecule has 12 heavy (non-hydrogen) atoms. The summed E-state index contributed by atoms with van der Waals surface area (Å²) < 4.78 is 0.161. The monoisotopic (exact) mass is 199 g/mol. The molecule has 0 bridgehead atoms. The topological polar surface area (TPSA) is 12.0 Å². The van der Waals surface area contributed by atoms with Crippen LogP contribution in [-0.2, 0) is 6.54 Å². The van der Waals surface area contributed by atoms with Gasteiger partial charge in [0.25, 0.3) is 0 Å². The molecule has 0 saturated heterocycles. The van der Waals surface area contributed by atoms with Gasteiger partial charge in [0.2, 0.25) is 0 Å². The number of hydrogen-bond acceptors (Lipinski definition) is 2. The fraction of sp³-hybridized carbons (Fsp3) is 0.333. The van der Waals surface area contributed by atoms with Crippen LogP contribution in [0, 0.1) is 0 Å². The minimum atomic E-state index is 0.161. The van der Waals surface area contributed by atoms with Crippen molar-refractivity contribution in [3.05, 3.63) is 29.8 Å². The van der Waals surface area contributed by atoms with Crippen LogP contribution in [0.5, 0.6) is 0 Å². The minimum absolute atomic E-state index is 0.161. The van der Waals surface area contributed by atoms with E-state index in [2.05, 4.69) is 29.6 Å². The molecule has 3 heteroatoms. The summed E-state index contributed by atoms with van der Waals surface area (Å²) in [6, 6.07) is 8.39. The number of alkyl halides is 1. The zero-order valence-corrected chi connectivity index (χ0v) is 8.16. The number of fused-ring (bicyclic) bond motifs is 1. The Labute approximate surface area is 81.5 Å². The van der Waals surface area contributed by atoms with Gasteiger partial charge >= 0.3 is 0 Å². The van der Waals surface area contributed by atoms with Crippen LogP contribution in [0.1, 0.15) is 5.56 Å². The quantitative estimate of drug-likeness (QED) is 0.645. The van der Waals surface area contributed by atoms with E-state index in [0.29, 0.717) is 0 Å². The zero-order chi connectivity index (χ0) is 8.39. The highest BCUT2D eigenvalue weighted by Gasteiger charge is 2.13. The number of rotatable bonds is 0. The van der Waals surface area contributed by atoms with Crippen molar-refractivity contribution in [2.45, 2.75) is 16.1 Å². The van der Waals surface area contributed by atoms with Crippen LogP contribution < -0.4 is 5.32 Å². The predicted octanol–water partition coefficient (Wildman–Crippen LogP) is 2.45. The second-order valence-electron chi connectivity index (χ2n) is 2.77. The van der Waals surface area contributed by atoms with Crippen LogP contribution in [0.4, 0.5) is 0 Å². The minimum Gasteiger partial charge on any atom is -0.310 e. The Morgan fingerprint density at radius 3 is 3.17 bits per heavy atom. The van der Waals surface area contributed by atoms with Gasteiger partial charge in [-0.1, -0.05) is 18.2 Å². The maximum absolute atomic E-state index is 6.05. The van der Waals surface area contributed by atoms with Crippen molar-refractivity contribution < 1.29 is 0 Å². The van der Waals surface area contributed by atoms with Crippen LogP contribution >= 0.6 is 23.4 Å². The van der Waals surface area contributed by atoms with Gasteiger partial charge < -0.3 is 5.32 Å². The number of hydrogen-bond donors (Lipinski definition) is 1. The lowest BCUT2D eigenvalue weighted by molar-refractivity contribution is 0.720. The first-order valence-corrected chi connectivity index (χ1v) is 5.27. The summed E-state index contributed by atoms with van der Waals surface area (Å²) in [5, 5.41) is 3.30. The first-order chi connectivity index (χ1) is 5.86. The lowest BCUT2D eigenvalue weighted by atomic mass is 10.2. The van der Waals surface area contributed by atoms with Gasteiger partial charge in [0.1, 0.15) is 0 Å².